The number of carbonyl (C=O) groups is 3. The number of amides is 3. The molecular formula is C10H17N3O4. The van der Waals surface area contributed by atoms with Gasteiger partial charge in [-0.25, -0.2) is 4.79 Å². The maximum Gasteiger partial charge on any atom is 0.409 e. The molecule has 1 heterocycles. The maximum atomic E-state index is 11.5. The molecule has 0 unspecified atom stereocenters. The number of likely N-dealkylation sites (N-methyl/N-ethyl adjacent to an activating group) is 1. The predicted octanol–water partition coefficient (Wildman–Crippen LogP) is -0.967. The number of nitrogens with one attached hydrogen (secondary N) is 1. The second-order valence-corrected chi connectivity index (χ2v) is 3.56. The van der Waals surface area contributed by atoms with E-state index in [-0.39, 0.29) is 6.09 Å². The smallest absolute Gasteiger partial charge is 0.409 e. The average Bonchev–Trinajstić information content (AvgIpc) is 2.37. The summed E-state index contributed by atoms with van der Waals surface area (Å²) in [4.78, 5) is 37.0. The fourth-order valence-corrected chi connectivity index (χ4v) is 1.56. The van der Waals surface area contributed by atoms with E-state index < -0.39 is 11.8 Å². The van der Waals surface area contributed by atoms with Gasteiger partial charge in [-0.1, -0.05) is 0 Å². The minimum atomic E-state index is -0.630. The Bertz CT molecular complexity index is 311. The van der Waals surface area contributed by atoms with Gasteiger partial charge in [-0.3, -0.25) is 9.59 Å². The maximum absolute atomic E-state index is 11.5. The lowest BCUT2D eigenvalue weighted by atomic mass is 10.3. The van der Waals surface area contributed by atoms with Gasteiger partial charge in [0.1, 0.15) is 0 Å². The highest BCUT2D eigenvalue weighted by atomic mass is 16.6. The van der Waals surface area contributed by atoms with Crippen molar-refractivity contribution in [2.45, 2.75) is 6.92 Å². The number of carbonyl (C=O) groups excluding carboxylic acids is 3. The zero-order valence-corrected chi connectivity index (χ0v) is 10.1. The Morgan fingerprint density at radius 1 is 1.12 bits per heavy atom. The molecule has 0 radical (unpaired) electrons. The van der Waals surface area contributed by atoms with Crippen molar-refractivity contribution in [3.63, 3.8) is 0 Å². The van der Waals surface area contributed by atoms with Gasteiger partial charge in [0.05, 0.1) is 6.61 Å². The number of hydrogen-bond acceptors (Lipinski definition) is 4. The summed E-state index contributed by atoms with van der Waals surface area (Å²) >= 11 is 0. The number of hydrogen-bond donors (Lipinski definition) is 1. The molecule has 7 heteroatoms. The molecule has 0 spiro atoms. The summed E-state index contributed by atoms with van der Waals surface area (Å²) in [5.74, 6) is -1.19. The lowest BCUT2D eigenvalue weighted by Crippen LogP contribution is -2.53. The molecule has 3 amide bonds. The quantitative estimate of drug-likeness (QED) is 0.601. The number of ether oxygens (including phenoxy) is 1. The molecule has 1 saturated heterocycles. The van der Waals surface area contributed by atoms with Crippen LogP contribution in [0.5, 0.6) is 0 Å². The lowest BCUT2D eigenvalue weighted by molar-refractivity contribution is -0.146. The van der Waals surface area contributed by atoms with Crippen LogP contribution in [-0.2, 0) is 14.3 Å². The highest BCUT2D eigenvalue weighted by Crippen LogP contribution is 2.04. The first-order valence-corrected chi connectivity index (χ1v) is 5.52. The van der Waals surface area contributed by atoms with Crippen LogP contribution >= 0.6 is 0 Å². The minimum Gasteiger partial charge on any atom is -0.450 e. The van der Waals surface area contributed by atoms with Crippen LogP contribution in [0.4, 0.5) is 4.79 Å². The van der Waals surface area contributed by atoms with Gasteiger partial charge in [-0.15, -0.1) is 0 Å². The van der Waals surface area contributed by atoms with Crippen LogP contribution in [-0.4, -0.2) is 67.5 Å². The SMILES string of the molecule is CCOC(=O)N1CCN(C(=O)C(=O)NC)CC1. The zero-order chi connectivity index (χ0) is 12.8. The fraction of sp³-hybridized carbons (Fsp3) is 0.700. The van der Waals surface area contributed by atoms with E-state index in [1.54, 1.807) is 6.92 Å². The molecule has 0 aliphatic carbocycles. The Kier molecular flexibility index (Phi) is 4.74. The number of rotatable bonds is 1. The molecule has 1 N–H and O–H groups in total. The Hall–Kier alpha value is -1.79. The van der Waals surface area contributed by atoms with Crippen LogP contribution in [0.3, 0.4) is 0 Å². The van der Waals surface area contributed by atoms with E-state index in [2.05, 4.69) is 5.32 Å². The first-order chi connectivity index (χ1) is 8.10. The van der Waals surface area contributed by atoms with E-state index in [1.165, 1.54) is 16.8 Å². The molecule has 96 valence electrons. The standard InChI is InChI=1S/C10H17N3O4/c1-3-17-10(16)13-6-4-12(5-7-13)9(15)8(14)11-2/h3-7H2,1-2H3,(H,11,14). The molecule has 0 saturated carbocycles. The van der Waals surface area contributed by atoms with Gasteiger partial charge in [0.25, 0.3) is 0 Å². The summed E-state index contributed by atoms with van der Waals surface area (Å²) in [5.41, 5.74) is 0. The highest BCUT2D eigenvalue weighted by molar-refractivity contribution is 6.34. The summed E-state index contributed by atoms with van der Waals surface area (Å²) in [6.07, 6.45) is -0.375. The topological polar surface area (TPSA) is 79.0 Å². The minimum absolute atomic E-state index is 0.330. The Labute approximate surface area is 99.7 Å². The van der Waals surface area contributed by atoms with Crippen molar-refractivity contribution < 1.29 is 19.1 Å². The summed E-state index contributed by atoms with van der Waals surface area (Å²) in [7, 11) is 1.41. The molecule has 17 heavy (non-hydrogen) atoms. The van der Waals surface area contributed by atoms with E-state index in [4.69, 9.17) is 4.74 Å². The van der Waals surface area contributed by atoms with Crippen LogP contribution < -0.4 is 5.32 Å². The molecule has 1 aliphatic heterocycles. The normalized spacial score (nSPS) is 15.4. The Balaban J connectivity index is 2.43. The Morgan fingerprint density at radius 2 is 1.65 bits per heavy atom. The molecular weight excluding hydrogens is 226 g/mol. The lowest BCUT2D eigenvalue weighted by Gasteiger charge is -2.33. The molecule has 1 rings (SSSR count). The first-order valence-electron chi connectivity index (χ1n) is 5.52. The van der Waals surface area contributed by atoms with Crippen molar-refractivity contribution in [1.82, 2.24) is 15.1 Å². The fourth-order valence-electron chi connectivity index (χ4n) is 1.56. The van der Waals surface area contributed by atoms with Crippen molar-refractivity contribution in [2.24, 2.45) is 0 Å². The summed E-state index contributed by atoms with van der Waals surface area (Å²) in [6.45, 7) is 3.55. The second kappa shape index (κ2) is 6.07. The van der Waals surface area contributed by atoms with Crippen LogP contribution in [0.1, 0.15) is 6.92 Å². The van der Waals surface area contributed by atoms with Crippen LogP contribution in [0.25, 0.3) is 0 Å². The monoisotopic (exact) mass is 243 g/mol. The molecule has 1 aliphatic rings. The summed E-state index contributed by atoms with van der Waals surface area (Å²) in [6, 6.07) is 0. The van der Waals surface area contributed by atoms with Crippen LogP contribution in [0, 0.1) is 0 Å². The van der Waals surface area contributed by atoms with Gasteiger partial charge < -0.3 is 19.9 Å². The number of nitrogens with zero attached hydrogens (tertiary/aromatic N) is 2. The van der Waals surface area contributed by atoms with Gasteiger partial charge in [0, 0.05) is 33.2 Å². The summed E-state index contributed by atoms with van der Waals surface area (Å²) < 4.78 is 4.85. The molecule has 0 aromatic carbocycles. The molecule has 7 nitrogen and oxygen atoms in total. The second-order valence-electron chi connectivity index (χ2n) is 3.56. The van der Waals surface area contributed by atoms with Crippen molar-refractivity contribution in [2.75, 3.05) is 39.8 Å². The average molecular weight is 243 g/mol. The first kappa shape index (κ1) is 13.3. The largest absolute Gasteiger partial charge is 0.450 e. The summed E-state index contributed by atoms with van der Waals surface area (Å²) in [5, 5.41) is 2.28. The van der Waals surface area contributed by atoms with Crippen molar-refractivity contribution in [3.05, 3.63) is 0 Å². The van der Waals surface area contributed by atoms with E-state index in [1.807, 2.05) is 0 Å². The van der Waals surface area contributed by atoms with Crippen molar-refractivity contribution in [1.29, 1.82) is 0 Å². The molecule has 0 bridgehead atoms. The van der Waals surface area contributed by atoms with Crippen LogP contribution in [0.2, 0.25) is 0 Å². The third-order valence-corrected chi connectivity index (χ3v) is 2.51. The van der Waals surface area contributed by atoms with Crippen molar-refractivity contribution in [3.8, 4) is 0 Å². The van der Waals surface area contributed by atoms with Gasteiger partial charge in [-0.05, 0) is 6.92 Å². The number of piperazine rings is 1. The molecule has 1 fully saturated rings. The van der Waals surface area contributed by atoms with Gasteiger partial charge in [0.2, 0.25) is 0 Å². The van der Waals surface area contributed by atoms with E-state index in [0.29, 0.717) is 32.8 Å². The molecule has 0 aromatic heterocycles. The van der Waals surface area contributed by atoms with Gasteiger partial charge in [0.15, 0.2) is 0 Å². The van der Waals surface area contributed by atoms with E-state index >= 15 is 0 Å². The third kappa shape index (κ3) is 3.33. The zero-order valence-electron chi connectivity index (χ0n) is 10.1. The van der Waals surface area contributed by atoms with E-state index in [0.717, 1.165) is 0 Å². The van der Waals surface area contributed by atoms with Crippen LogP contribution in [0.15, 0.2) is 0 Å². The molecule has 0 atom stereocenters. The van der Waals surface area contributed by atoms with Gasteiger partial charge >= 0.3 is 17.9 Å². The predicted molar refractivity (Wildman–Crippen MR) is 59.2 cm³/mol. The highest BCUT2D eigenvalue weighted by Gasteiger charge is 2.27. The van der Waals surface area contributed by atoms with Crippen molar-refractivity contribution >= 4 is 17.9 Å². The van der Waals surface area contributed by atoms with Gasteiger partial charge in [-0.2, -0.15) is 0 Å². The Morgan fingerprint density at radius 3 is 2.12 bits per heavy atom. The molecule has 0 aromatic rings. The van der Waals surface area contributed by atoms with E-state index in [9.17, 15) is 14.4 Å². The third-order valence-electron chi connectivity index (χ3n) is 2.51.